The van der Waals surface area contributed by atoms with E-state index in [2.05, 4.69) is 41.3 Å². The second-order valence-electron chi connectivity index (χ2n) is 5.73. The molecule has 1 aliphatic rings. The van der Waals surface area contributed by atoms with Gasteiger partial charge in [0, 0.05) is 32.8 Å². The molecular weight excluding hydrogens is 252 g/mol. The maximum Gasteiger partial charge on any atom is 0.191 e. The number of aliphatic imine (C=N–C) groups is 1. The van der Waals surface area contributed by atoms with Crippen molar-refractivity contribution in [2.75, 3.05) is 46.4 Å². The second kappa shape index (κ2) is 10.00. The van der Waals surface area contributed by atoms with Crippen LogP contribution in [0.3, 0.4) is 0 Å². The van der Waals surface area contributed by atoms with Gasteiger partial charge in [-0.3, -0.25) is 9.89 Å². The van der Waals surface area contributed by atoms with Crippen molar-refractivity contribution < 1.29 is 4.74 Å². The lowest BCUT2D eigenvalue weighted by Gasteiger charge is -2.35. The number of ether oxygens (including phenoxy) is 1. The fourth-order valence-corrected chi connectivity index (χ4v) is 2.58. The highest BCUT2D eigenvalue weighted by Gasteiger charge is 2.20. The largest absolute Gasteiger partial charge is 0.383 e. The van der Waals surface area contributed by atoms with Crippen molar-refractivity contribution in [2.45, 2.75) is 39.7 Å². The number of hydrogen-bond acceptors (Lipinski definition) is 3. The molecule has 2 N–H and O–H groups in total. The third-order valence-electron chi connectivity index (χ3n) is 3.77. The number of piperidine rings is 1. The van der Waals surface area contributed by atoms with Crippen LogP contribution >= 0.6 is 0 Å². The van der Waals surface area contributed by atoms with Crippen LogP contribution < -0.4 is 10.6 Å². The molecule has 0 aliphatic carbocycles. The molecule has 20 heavy (non-hydrogen) atoms. The molecule has 118 valence electrons. The van der Waals surface area contributed by atoms with E-state index in [0.717, 1.165) is 31.5 Å². The zero-order valence-electron chi connectivity index (χ0n) is 13.6. The van der Waals surface area contributed by atoms with Crippen molar-refractivity contribution >= 4 is 5.96 Å². The predicted molar refractivity (Wildman–Crippen MR) is 85.3 cm³/mol. The maximum absolute atomic E-state index is 5.05. The molecule has 0 aromatic rings. The molecular formula is C15H32N4O. The van der Waals surface area contributed by atoms with Crippen LogP contribution in [-0.2, 0) is 4.74 Å². The van der Waals surface area contributed by atoms with Gasteiger partial charge in [-0.1, -0.05) is 6.92 Å². The number of likely N-dealkylation sites (tertiary alicyclic amines) is 1. The quantitative estimate of drug-likeness (QED) is 0.420. The summed E-state index contributed by atoms with van der Waals surface area (Å²) >= 11 is 0. The van der Waals surface area contributed by atoms with Crippen LogP contribution in [0.25, 0.3) is 0 Å². The lowest BCUT2D eigenvalue weighted by Crippen LogP contribution is -2.43. The van der Waals surface area contributed by atoms with E-state index in [0.29, 0.717) is 12.6 Å². The number of rotatable bonds is 7. The first-order chi connectivity index (χ1) is 9.67. The molecule has 0 saturated carbocycles. The Labute approximate surface area is 124 Å². The monoisotopic (exact) mass is 284 g/mol. The van der Waals surface area contributed by atoms with Gasteiger partial charge in [0.25, 0.3) is 0 Å². The van der Waals surface area contributed by atoms with E-state index in [1.54, 1.807) is 7.11 Å². The lowest BCUT2D eigenvalue weighted by atomic mass is 9.99. The zero-order valence-corrected chi connectivity index (χ0v) is 13.6. The summed E-state index contributed by atoms with van der Waals surface area (Å²) in [6.45, 7) is 12.4. The predicted octanol–water partition coefficient (Wildman–Crippen LogP) is 1.31. The van der Waals surface area contributed by atoms with E-state index in [1.165, 1.54) is 25.9 Å². The standard InChI is InChI=1S/C15H32N4O/c1-5-16-15(17-8-10-20-4)18-11-14(3)19-9-6-7-13(2)12-19/h13-14H,5-12H2,1-4H3,(H2,16,17,18). The van der Waals surface area contributed by atoms with Crippen LogP contribution in [-0.4, -0.2) is 63.3 Å². The number of nitrogens with one attached hydrogen (secondary N) is 2. The highest BCUT2D eigenvalue weighted by atomic mass is 16.5. The Morgan fingerprint density at radius 2 is 2.25 bits per heavy atom. The molecule has 0 spiro atoms. The van der Waals surface area contributed by atoms with Crippen LogP contribution in [0.4, 0.5) is 0 Å². The maximum atomic E-state index is 5.05. The van der Waals surface area contributed by atoms with Crippen molar-refractivity contribution in [3.63, 3.8) is 0 Å². The SMILES string of the molecule is CCNC(=NCC(C)N1CCCC(C)C1)NCCOC. The molecule has 5 nitrogen and oxygen atoms in total. The molecule has 1 rings (SSSR count). The molecule has 2 atom stereocenters. The van der Waals surface area contributed by atoms with Gasteiger partial charge in [-0.15, -0.1) is 0 Å². The molecule has 0 amide bonds. The Kier molecular flexibility index (Phi) is 8.62. The summed E-state index contributed by atoms with van der Waals surface area (Å²) in [5.41, 5.74) is 0. The van der Waals surface area contributed by atoms with Crippen LogP contribution in [0.2, 0.25) is 0 Å². The van der Waals surface area contributed by atoms with Gasteiger partial charge in [0.2, 0.25) is 0 Å². The summed E-state index contributed by atoms with van der Waals surface area (Å²) in [6.07, 6.45) is 2.69. The molecule has 0 aromatic heterocycles. The van der Waals surface area contributed by atoms with Crippen molar-refractivity contribution in [1.82, 2.24) is 15.5 Å². The smallest absolute Gasteiger partial charge is 0.191 e. The lowest BCUT2D eigenvalue weighted by molar-refractivity contribution is 0.142. The van der Waals surface area contributed by atoms with Crippen LogP contribution in [0.5, 0.6) is 0 Å². The summed E-state index contributed by atoms with van der Waals surface area (Å²) in [7, 11) is 1.71. The molecule has 1 saturated heterocycles. The van der Waals surface area contributed by atoms with Gasteiger partial charge in [-0.05, 0) is 39.2 Å². The fraction of sp³-hybridized carbons (Fsp3) is 0.933. The summed E-state index contributed by atoms with van der Waals surface area (Å²) in [4.78, 5) is 7.25. The Morgan fingerprint density at radius 3 is 2.90 bits per heavy atom. The normalized spacial score (nSPS) is 22.6. The average molecular weight is 284 g/mol. The molecule has 5 heteroatoms. The first-order valence-electron chi connectivity index (χ1n) is 7.92. The minimum atomic E-state index is 0.510. The number of methoxy groups -OCH3 is 1. The van der Waals surface area contributed by atoms with E-state index in [9.17, 15) is 0 Å². The number of guanidine groups is 1. The second-order valence-corrected chi connectivity index (χ2v) is 5.73. The first kappa shape index (κ1) is 17.2. The highest BCUT2D eigenvalue weighted by molar-refractivity contribution is 5.79. The summed E-state index contributed by atoms with van der Waals surface area (Å²) in [6, 6.07) is 0.510. The molecule has 2 unspecified atom stereocenters. The average Bonchev–Trinajstić information content (AvgIpc) is 2.44. The van der Waals surface area contributed by atoms with Crippen molar-refractivity contribution in [1.29, 1.82) is 0 Å². The number of nitrogens with zero attached hydrogens (tertiary/aromatic N) is 2. The van der Waals surface area contributed by atoms with E-state index >= 15 is 0 Å². The van der Waals surface area contributed by atoms with Gasteiger partial charge in [0.1, 0.15) is 0 Å². The Morgan fingerprint density at radius 1 is 1.45 bits per heavy atom. The molecule has 0 bridgehead atoms. The topological polar surface area (TPSA) is 48.9 Å². The minimum Gasteiger partial charge on any atom is -0.383 e. The molecule has 0 radical (unpaired) electrons. The van der Waals surface area contributed by atoms with Crippen molar-refractivity contribution in [2.24, 2.45) is 10.9 Å². The van der Waals surface area contributed by atoms with Gasteiger partial charge in [-0.25, -0.2) is 0 Å². The molecule has 1 fully saturated rings. The molecule has 0 aromatic carbocycles. The van der Waals surface area contributed by atoms with Gasteiger partial charge < -0.3 is 15.4 Å². The summed E-state index contributed by atoms with van der Waals surface area (Å²) in [5.74, 6) is 1.71. The minimum absolute atomic E-state index is 0.510. The summed E-state index contributed by atoms with van der Waals surface area (Å²) < 4.78 is 5.05. The fourth-order valence-electron chi connectivity index (χ4n) is 2.58. The van der Waals surface area contributed by atoms with Crippen LogP contribution in [0, 0.1) is 5.92 Å². The van der Waals surface area contributed by atoms with Gasteiger partial charge >= 0.3 is 0 Å². The van der Waals surface area contributed by atoms with E-state index < -0.39 is 0 Å². The highest BCUT2D eigenvalue weighted by Crippen LogP contribution is 2.17. The first-order valence-corrected chi connectivity index (χ1v) is 7.92. The van der Waals surface area contributed by atoms with Crippen molar-refractivity contribution in [3.05, 3.63) is 0 Å². The Hall–Kier alpha value is -0.810. The van der Waals surface area contributed by atoms with E-state index in [1.807, 2.05) is 0 Å². The van der Waals surface area contributed by atoms with E-state index in [-0.39, 0.29) is 0 Å². The third-order valence-corrected chi connectivity index (χ3v) is 3.77. The Bertz CT molecular complexity index is 283. The zero-order chi connectivity index (χ0) is 14.8. The van der Waals surface area contributed by atoms with E-state index in [4.69, 9.17) is 4.74 Å². The molecule has 1 aliphatic heterocycles. The van der Waals surface area contributed by atoms with Crippen LogP contribution in [0.15, 0.2) is 4.99 Å². The Balaban J connectivity index is 2.39. The van der Waals surface area contributed by atoms with Crippen LogP contribution in [0.1, 0.15) is 33.6 Å². The van der Waals surface area contributed by atoms with Gasteiger partial charge in [0.05, 0.1) is 13.2 Å². The number of hydrogen-bond donors (Lipinski definition) is 2. The third kappa shape index (κ3) is 6.57. The van der Waals surface area contributed by atoms with Gasteiger partial charge in [-0.2, -0.15) is 0 Å². The van der Waals surface area contributed by atoms with Gasteiger partial charge in [0.15, 0.2) is 5.96 Å². The molecule has 1 heterocycles. The summed E-state index contributed by atoms with van der Waals surface area (Å²) in [5, 5.41) is 6.56. The van der Waals surface area contributed by atoms with Crippen molar-refractivity contribution in [3.8, 4) is 0 Å².